The summed E-state index contributed by atoms with van der Waals surface area (Å²) in [6.45, 7) is 8.23. The molecule has 1 aromatic heterocycles. The lowest BCUT2D eigenvalue weighted by Gasteiger charge is -2.22. The fourth-order valence-corrected chi connectivity index (χ4v) is 4.62. The molecule has 0 saturated carbocycles. The highest BCUT2D eigenvalue weighted by Gasteiger charge is 2.49. The summed E-state index contributed by atoms with van der Waals surface area (Å²) in [6, 6.07) is 17.2. The van der Waals surface area contributed by atoms with Crippen LogP contribution in [-0.2, 0) is 34.6 Å². The van der Waals surface area contributed by atoms with Gasteiger partial charge in [0.2, 0.25) is 5.91 Å². The molecule has 0 bridgehead atoms. The first-order valence-corrected chi connectivity index (χ1v) is 12.3. The third-order valence-electron chi connectivity index (χ3n) is 6.82. The van der Waals surface area contributed by atoms with Crippen molar-refractivity contribution in [2.45, 2.75) is 59.2 Å². The number of urea groups is 1. The number of nitrogens with one attached hydrogen (secondary N) is 2. The summed E-state index contributed by atoms with van der Waals surface area (Å²) >= 11 is 0. The Labute approximate surface area is 211 Å². The Kier molecular flexibility index (Phi) is 7.24. The second-order valence-electron chi connectivity index (χ2n) is 9.46. The molecule has 188 valence electrons. The number of imide groups is 1. The van der Waals surface area contributed by atoms with Crippen LogP contribution in [0.5, 0.6) is 0 Å². The maximum absolute atomic E-state index is 13.2. The molecule has 4 rings (SSSR count). The highest BCUT2D eigenvalue weighted by molar-refractivity contribution is 6.09. The van der Waals surface area contributed by atoms with E-state index >= 15 is 0 Å². The van der Waals surface area contributed by atoms with Crippen molar-refractivity contribution in [2.24, 2.45) is 0 Å². The van der Waals surface area contributed by atoms with Gasteiger partial charge in [-0.15, -0.1) is 0 Å². The third-order valence-corrected chi connectivity index (χ3v) is 6.82. The van der Waals surface area contributed by atoms with E-state index in [1.807, 2.05) is 73.1 Å². The molecule has 1 unspecified atom stereocenters. The van der Waals surface area contributed by atoms with E-state index in [0.29, 0.717) is 12.1 Å². The lowest BCUT2D eigenvalue weighted by Crippen LogP contribution is -2.43. The molecule has 2 aromatic carbocycles. The highest BCUT2D eigenvalue weighted by Crippen LogP contribution is 2.29. The van der Waals surface area contributed by atoms with Crippen molar-refractivity contribution in [1.29, 1.82) is 0 Å². The minimum atomic E-state index is -1.20. The van der Waals surface area contributed by atoms with Crippen LogP contribution in [-0.4, -0.2) is 39.1 Å². The number of nitrogens with zero attached hydrogens (tertiary/aromatic N) is 3. The van der Waals surface area contributed by atoms with E-state index in [1.54, 1.807) is 6.92 Å². The van der Waals surface area contributed by atoms with Crippen LogP contribution in [0.25, 0.3) is 0 Å². The Morgan fingerprint density at radius 1 is 1.03 bits per heavy atom. The highest BCUT2D eigenvalue weighted by atomic mass is 16.2. The first-order valence-electron chi connectivity index (χ1n) is 12.3. The van der Waals surface area contributed by atoms with Gasteiger partial charge in [-0.2, -0.15) is 5.10 Å². The maximum atomic E-state index is 13.2. The van der Waals surface area contributed by atoms with Gasteiger partial charge in [0.1, 0.15) is 12.1 Å². The Morgan fingerprint density at radius 3 is 2.39 bits per heavy atom. The summed E-state index contributed by atoms with van der Waals surface area (Å²) < 4.78 is 1.92. The minimum absolute atomic E-state index is 0.269. The van der Waals surface area contributed by atoms with Gasteiger partial charge in [-0.1, -0.05) is 67.9 Å². The first kappa shape index (κ1) is 25.2. The van der Waals surface area contributed by atoms with Gasteiger partial charge in [0.15, 0.2) is 0 Å². The Bertz CT molecular complexity index is 1270. The molecule has 0 radical (unpaired) electrons. The standard InChI is InChI=1S/C28H33N5O3/c1-5-9-21-12-14-23(15-13-21)28(4)26(35)32(27(36)30-28)18-25(34)29-16-24-19(2)31-33(20(24)3)17-22-10-7-6-8-11-22/h6-8,10-15H,5,9,16-18H2,1-4H3,(H,29,34)(H,30,36). The average Bonchev–Trinajstić information content (AvgIpc) is 3.25. The van der Waals surface area contributed by atoms with Crippen molar-refractivity contribution in [3.63, 3.8) is 0 Å². The van der Waals surface area contributed by atoms with E-state index in [9.17, 15) is 14.4 Å². The van der Waals surface area contributed by atoms with Gasteiger partial charge >= 0.3 is 6.03 Å². The molecule has 2 heterocycles. The lowest BCUT2D eigenvalue weighted by molar-refractivity contribution is -0.134. The van der Waals surface area contributed by atoms with E-state index < -0.39 is 23.4 Å². The number of amides is 4. The molecule has 1 aliphatic heterocycles. The van der Waals surface area contributed by atoms with E-state index in [4.69, 9.17) is 0 Å². The fraction of sp³-hybridized carbons (Fsp3) is 0.357. The molecule has 1 aliphatic rings. The normalized spacial score (nSPS) is 17.4. The maximum Gasteiger partial charge on any atom is 0.325 e. The Morgan fingerprint density at radius 2 is 1.72 bits per heavy atom. The van der Waals surface area contributed by atoms with E-state index in [-0.39, 0.29) is 13.1 Å². The molecule has 0 spiro atoms. The summed E-state index contributed by atoms with van der Waals surface area (Å²) in [5.41, 5.74) is 4.53. The van der Waals surface area contributed by atoms with Crippen molar-refractivity contribution < 1.29 is 14.4 Å². The largest absolute Gasteiger partial charge is 0.350 e. The van der Waals surface area contributed by atoms with E-state index in [0.717, 1.165) is 40.3 Å². The van der Waals surface area contributed by atoms with Gasteiger partial charge in [0, 0.05) is 17.8 Å². The first-order chi connectivity index (χ1) is 17.2. The molecular weight excluding hydrogens is 454 g/mol. The molecule has 8 heteroatoms. The minimum Gasteiger partial charge on any atom is -0.350 e. The molecule has 1 atom stereocenters. The molecule has 2 N–H and O–H groups in total. The van der Waals surface area contributed by atoms with Crippen LogP contribution in [0, 0.1) is 13.8 Å². The van der Waals surface area contributed by atoms with Crippen molar-refractivity contribution in [1.82, 2.24) is 25.3 Å². The number of hydrogen-bond donors (Lipinski definition) is 2. The van der Waals surface area contributed by atoms with Gasteiger partial charge in [-0.3, -0.25) is 19.2 Å². The van der Waals surface area contributed by atoms with Crippen LogP contribution in [0.3, 0.4) is 0 Å². The van der Waals surface area contributed by atoms with E-state index in [2.05, 4.69) is 22.7 Å². The van der Waals surface area contributed by atoms with Crippen molar-refractivity contribution >= 4 is 17.8 Å². The van der Waals surface area contributed by atoms with Crippen LogP contribution in [0.1, 0.15) is 53.9 Å². The zero-order valence-corrected chi connectivity index (χ0v) is 21.3. The van der Waals surface area contributed by atoms with Crippen LogP contribution >= 0.6 is 0 Å². The van der Waals surface area contributed by atoms with Crippen LogP contribution in [0.2, 0.25) is 0 Å². The predicted molar refractivity (Wildman–Crippen MR) is 137 cm³/mol. The van der Waals surface area contributed by atoms with Crippen LogP contribution in [0.15, 0.2) is 54.6 Å². The molecule has 1 fully saturated rings. The van der Waals surface area contributed by atoms with Gasteiger partial charge < -0.3 is 10.6 Å². The van der Waals surface area contributed by atoms with E-state index in [1.165, 1.54) is 5.56 Å². The smallest absolute Gasteiger partial charge is 0.325 e. The zero-order valence-electron chi connectivity index (χ0n) is 21.3. The summed E-state index contributed by atoms with van der Waals surface area (Å²) in [4.78, 5) is 39.5. The second kappa shape index (κ2) is 10.4. The van der Waals surface area contributed by atoms with Crippen LogP contribution < -0.4 is 10.6 Å². The SMILES string of the molecule is CCCc1ccc(C2(C)NC(=O)N(CC(=O)NCc3c(C)nn(Cc4ccccc4)c3C)C2=O)cc1. The van der Waals surface area contributed by atoms with Gasteiger partial charge in [0.05, 0.1) is 12.2 Å². The Hall–Kier alpha value is -3.94. The molecule has 1 saturated heterocycles. The van der Waals surface area contributed by atoms with Gasteiger partial charge in [-0.25, -0.2) is 4.79 Å². The van der Waals surface area contributed by atoms with Crippen molar-refractivity contribution in [3.8, 4) is 0 Å². The Balaban J connectivity index is 1.39. The lowest BCUT2D eigenvalue weighted by atomic mass is 9.91. The van der Waals surface area contributed by atoms with Crippen LogP contribution in [0.4, 0.5) is 4.79 Å². The van der Waals surface area contributed by atoms with Crippen molar-refractivity contribution in [3.05, 3.63) is 88.2 Å². The number of benzene rings is 2. The molecule has 4 amide bonds. The number of carbonyl (C=O) groups excluding carboxylic acids is 3. The molecule has 0 aliphatic carbocycles. The number of rotatable bonds is 9. The molecular formula is C28H33N5O3. The quantitative estimate of drug-likeness (QED) is 0.451. The number of aryl methyl sites for hydroxylation is 2. The van der Waals surface area contributed by atoms with Crippen molar-refractivity contribution in [2.75, 3.05) is 6.54 Å². The summed E-state index contributed by atoms with van der Waals surface area (Å²) in [5, 5.41) is 10.2. The number of hydrogen-bond acceptors (Lipinski definition) is 4. The third kappa shape index (κ3) is 5.03. The summed E-state index contributed by atoms with van der Waals surface area (Å²) in [5.74, 6) is -0.843. The monoisotopic (exact) mass is 487 g/mol. The average molecular weight is 488 g/mol. The molecule has 8 nitrogen and oxygen atoms in total. The number of carbonyl (C=O) groups is 3. The second-order valence-corrected chi connectivity index (χ2v) is 9.46. The zero-order chi connectivity index (χ0) is 25.9. The molecule has 3 aromatic rings. The summed E-state index contributed by atoms with van der Waals surface area (Å²) in [7, 11) is 0. The predicted octanol–water partition coefficient (Wildman–Crippen LogP) is 3.58. The summed E-state index contributed by atoms with van der Waals surface area (Å²) in [6.07, 6.45) is 1.98. The molecule has 36 heavy (non-hydrogen) atoms. The fourth-order valence-electron chi connectivity index (χ4n) is 4.62. The van der Waals surface area contributed by atoms with Gasteiger partial charge in [0.25, 0.3) is 5.91 Å². The van der Waals surface area contributed by atoms with Gasteiger partial charge in [-0.05, 0) is 43.9 Å². The number of aromatic nitrogens is 2. The topological polar surface area (TPSA) is 96.3 Å².